The topological polar surface area (TPSA) is 44.8 Å². The summed E-state index contributed by atoms with van der Waals surface area (Å²) < 4.78 is 5.77. The first kappa shape index (κ1) is 16.1. The lowest BCUT2D eigenvalue weighted by Gasteiger charge is -2.36. The first-order valence-corrected chi connectivity index (χ1v) is 8.54. The molecule has 3 rings (SSSR count). The molecule has 1 aliphatic heterocycles. The fourth-order valence-corrected chi connectivity index (χ4v) is 3.13. The monoisotopic (exact) mass is 317 g/mol. The quantitative estimate of drug-likeness (QED) is 0.927. The summed E-state index contributed by atoms with van der Waals surface area (Å²) in [5.41, 5.74) is 2.02. The van der Waals surface area contributed by atoms with Crippen LogP contribution >= 0.6 is 0 Å². The van der Waals surface area contributed by atoms with E-state index < -0.39 is 0 Å². The van der Waals surface area contributed by atoms with E-state index in [1.807, 2.05) is 19.2 Å². The lowest BCUT2D eigenvalue weighted by Crippen LogP contribution is -2.45. The van der Waals surface area contributed by atoms with Crippen molar-refractivity contribution in [1.29, 1.82) is 0 Å². The Balaban J connectivity index is 1.57. The smallest absolute Gasteiger partial charge is 0.321 e. The number of ether oxygens (including phenoxy) is 1. The van der Waals surface area contributed by atoms with Gasteiger partial charge in [0, 0.05) is 38.1 Å². The highest BCUT2D eigenvalue weighted by Crippen LogP contribution is 2.29. The van der Waals surface area contributed by atoms with E-state index in [1.165, 1.54) is 18.5 Å². The summed E-state index contributed by atoms with van der Waals surface area (Å²) in [6.45, 7) is 6.87. The molecule has 1 aromatic rings. The fourth-order valence-electron chi connectivity index (χ4n) is 3.13. The van der Waals surface area contributed by atoms with Gasteiger partial charge in [-0.05, 0) is 56.9 Å². The maximum Gasteiger partial charge on any atom is 0.321 e. The molecule has 0 unspecified atom stereocenters. The molecule has 1 saturated heterocycles. The molecule has 1 saturated carbocycles. The van der Waals surface area contributed by atoms with E-state index in [-0.39, 0.29) is 18.2 Å². The third kappa shape index (κ3) is 4.38. The highest BCUT2D eigenvalue weighted by molar-refractivity contribution is 5.89. The van der Waals surface area contributed by atoms with E-state index in [4.69, 9.17) is 4.74 Å². The number of hydrogen-bond donors (Lipinski definition) is 1. The van der Waals surface area contributed by atoms with Crippen LogP contribution in [-0.2, 0) is 4.74 Å². The summed E-state index contributed by atoms with van der Waals surface area (Å²) in [6.07, 6.45) is 2.99. The van der Waals surface area contributed by atoms with Crippen LogP contribution in [0.5, 0.6) is 0 Å². The Kier molecular flexibility index (Phi) is 4.76. The molecule has 1 aliphatic carbocycles. The highest BCUT2D eigenvalue weighted by atomic mass is 16.5. The molecule has 0 aromatic heterocycles. The predicted molar refractivity (Wildman–Crippen MR) is 93.0 cm³/mol. The van der Waals surface area contributed by atoms with Gasteiger partial charge < -0.3 is 19.9 Å². The fraction of sp³-hybridized carbons (Fsp3) is 0.611. The van der Waals surface area contributed by atoms with Crippen molar-refractivity contribution in [2.24, 2.45) is 5.92 Å². The number of morpholine rings is 1. The SMILES string of the molecule is C[C@H]1CN(c2ccc(NC(=O)N(C)CC3CC3)cc2)C[C@H](C)O1. The number of carbonyl (C=O) groups excluding carboxylic acids is 1. The molecule has 2 aliphatic rings. The molecule has 2 fully saturated rings. The van der Waals surface area contributed by atoms with Gasteiger partial charge in [0.15, 0.2) is 0 Å². The van der Waals surface area contributed by atoms with Gasteiger partial charge in [0.05, 0.1) is 12.2 Å². The van der Waals surface area contributed by atoms with E-state index >= 15 is 0 Å². The number of nitrogens with zero attached hydrogens (tertiary/aromatic N) is 2. The van der Waals surface area contributed by atoms with E-state index in [0.717, 1.165) is 25.3 Å². The van der Waals surface area contributed by atoms with Crippen LogP contribution in [0.4, 0.5) is 16.2 Å². The number of hydrogen-bond acceptors (Lipinski definition) is 3. The molecule has 1 heterocycles. The van der Waals surface area contributed by atoms with E-state index in [9.17, 15) is 4.79 Å². The van der Waals surface area contributed by atoms with Gasteiger partial charge in [-0.25, -0.2) is 4.79 Å². The van der Waals surface area contributed by atoms with Gasteiger partial charge in [0.2, 0.25) is 0 Å². The third-order valence-corrected chi connectivity index (χ3v) is 4.48. The Morgan fingerprint density at radius 3 is 2.39 bits per heavy atom. The second-order valence-corrected chi connectivity index (χ2v) is 6.96. The highest BCUT2D eigenvalue weighted by Gasteiger charge is 2.25. The number of urea groups is 1. The second-order valence-electron chi connectivity index (χ2n) is 6.96. The Hall–Kier alpha value is -1.75. The summed E-state index contributed by atoms with van der Waals surface area (Å²) in [7, 11) is 1.86. The number of nitrogens with one attached hydrogen (secondary N) is 1. The molecule has 5 nitrogen and oxygen atoms in total. The van der Waals surface area contributed by atoms with Crippen molar-refractivity contribution in [3.05, 3.63) is 24.3 Å². The predicted octanol–water partition coefficient (Wildman–Crippen LogP) is 3.17. The van der Waals surface area contributed by atoms with Gasteiger partial charge in [-0.3, -0.25) is 0 Å². The molecule has 23 heavy (non-hydrogen) atoms. The van der Waals surface area contributed by atoms with Crippen molar-refractivity contribution in [2.75, 3.05) is 36.9 Å². The van der Waals surface area contributed by atoms with Crippen molar-refractivity contribution < 1.29 is 9.53 Å². The minimum absolute atomic E-state index is 0.0294. The zero-order valence-corrected chi connectivity index (χ0v) is 14.3. The molecule has 0 spiro atoms. The van der Waals surface area contributed by atoms with Crippen molar-refractivity contribution >= 4 is 17.4 Å². The van der Waals surface area contributed by atoms with Crippen molar-refractivity contribution in [3.63, 3.8) is 0 Å². The maximum atomic E-state index is 12.1. The Bertz CT molecular complexity index is 532. The van der Waals surface area contributed by atoms with Gasteiger partial charge in [0.25, 0.3) is 0 Å². The third-order valence-electron chi connectivity index (χ3n) is 4.48. The van der Waals surface area contributed by atoms with Crippen LogP contribution in [0.15, 0.2) is 24.3 Å². The molecule has 5 heteroatoms. The molecule has 2 atom stereocenters. The Labute approximate surface area is 138 Å². The van der Waals surface area contributed by atoms with Gasteiger partial charge in [0.1, 0.15) is 0 Å². The number of carbonyl (C=O) groups is 1. The lowest BCUT2D eigenvalue weighted by atomic mass is 10.2. The molecule has 0 bridgehead atoms. The van der Waals surface area contributed by atoms with Crippen LogP contribution in [0, 0.1) is 5.92 Å². The van der Waals surface area contributed by atoms with E-state index in [2.05, 4.69) is 36.2 Å². The average Bonchev–Trinajstić information content (AvgIpc) is 3.31. The molecule has 126 valence electrons. The summed E-state index contributed by atoms with van der Waals surface area (Å²) in [5.74, 6) is 0.707. The van der Waals surface area contributed by atoms with Crippen LogP contribution in [-0.4, -0.2) is 49.8 Å². The number of amides is 2. The van der Waals surface area contributed by atoms with Crippen LogP contribution in [0.1, 0.15) is 26.7 Å². The second kappa shape index (κ2) is 6.79. The number of anilines is 2. The molecule has 2 amide bonds. The maximum absolute atomic E-state index is 12.1. The zero-order valence-electron chi connectivity index (χ0n) is 14.3. The van der Waals surface area contributed by atoms with Gasteiger partial charge >= 0.3 is 6.03 Å². The molecule has 1 N–H and O–H groups in total. The van der Waals surface area contributed by atoms with Crippen molar-refractivity contribution in [3.8, 4) is 0 Å². The molecule has 0 radical (unpaired) electrons. The van der Waals surface area contributed by atoms with Gasteiger partial charge in [-0.1, -0.05) is 0 Å². The first-order valence-electron chi connectivity index (χ1n) is 8.54. The van der Waals surface area contributed by atoms with Crippen molar-refractivity contribution in [2.45, 2.75) is 38.9 Å². The average molecular weight is 317 g/mol. The standard InChI is InChI=1S/C18H27N3O2/c1-13-10-21(11-14(2)23-13)17-8-6-16(7-9-17)19-18(22)20(3)12-15-4-5-15/h6-9,13-15H,4-5,10-12H2,1-3H3,(H,19,22)/t13-,14-/m0/s1. The normalized spacial score (nSPS) is 24.4. The molecule has 1 aromatic carbocycles. The lowest BCUT2D eigenvalue weighted by molar-refractivity contribution is -0.00521. The summed E-state index contributed by atoms with van der Waals surface area (Å²) in [6, 6.07) is 8.06. The van der Waals surface area contributed by atoms with E-state index in [0.29, 0.717) is 5.92 Å². The van der Waals surface area contributed by atoms with Crippen LogP contribution in [0.2, 0.25) is 0 Å². The molecular formula is C18H27N3O2. The minimum Gasteiger partial charge on any atom is -0.372 e. The largest absolute Gasteiger partial charge is 0.372 e. The zero-order chi connectivity index (χ0) is 16.4. The summed E-state index contributed by atoms with van der Waals surface area (Å²) in [4.78, 5) is 16.2. The van der Waals surface area contributed by atoms with Gasteiger partial charge in [-0.15, -0.1) is 0 Å². The number of benzene rings is 1. The van der Waals surface area contributed by atoms with E-state index in [1.54, 1.807) is 4.90 Å². The Morgan fingerprint density at radius 1 is 1.22 bits per heavy atom. The van der Waals surface area contributed by atoms with Crippen molar-refractivity contribution in [1.82, 2.24) is 4.90 Å². The summed E-state index contributed by atoms with van der Waals surface area (Å²) >= 11 is 0. The minimum atomic E-state index is -0.0294. The Morgan fingerprint density at radius 2 is 1.83 bits per heavy atom. The van der Waals surface area contributed by atoms with Crippen LogP contribution in [0.3, 0.4) is 0 Å². The van der Waals surface area contributed by atoms with Gasteiger partial charge in [-0.2, -0.15) is 0 Å². The number of rotatable bonds is 4. The first-order chi connectivity index (χ1) is 11.0. The molecular weight excluding hydrogens is 290 g/mol. The summed E-state index contributed by atoms with van der Waals surface area (Å²) in [5, 5.41) is 2.97. The van der Waals surface area contributed by atoms with Crippen LogP contribution in [0.25, 0.3) is 0 Å². The van der Waals surface area contributed by atoms with Crippen LogP contribution < -0.4 is 10.2 Å².